The van der Waals surface area contributed by atoms with Gasteiger partial charge in [0.1, 0.15) is 12.1 Å². The predicted octanol–water partition coefficient (Wildman–Crippen LogP) is 3.93. The number of rotatable bonds is 13. The Morgan fingerprint density at radius 1 is 0.662 bits per heavy atom. The first-order valence-electron chi connectivity index (χ1n) is 25.2. The van der Waals surface area contributed by atoms with E-state index in [1.807, 2.05) is 48.5 Å². The normalized spacial score (nSPS) is 20.1. The predicted molar refractivity (Wildman–Crippen MR) is 272 cm³/mol. The van der Waals surface area contributed by atoms with Crippen LogP contribution in [0.25, 0.3) is 0 Å². The van der Waals surface area contributed by atoms with Gasteiger partial charge in [-0.15, -0.1) is 0 Å². The fourth-order valence-electron chi connectivity index (χ4n) is 10.3. The number of anilines is 1. The maximum absolute atomic E-state index is 13.0. The van der Waals surface area contributed by atoms with Crippen LogP contribution in [0.5, 0.6) is 0 Å². The van der Waals surface area contributed by atoms with Crippen LogP contribution in [0.3, 0.4) is 0 Å². The minimum Gasteiger partial charge on any atom is -0.379 e. The number of aryl methyl sites for hydroxylation is 1. The second-order valence-electron chi connectivity index (χ2n) is 19.7. The number of benzene rings is 4. The van der Waals surface area contributed by atoms with Gasteiger partial charge in [-0.05, 0) is 94.6 Å². The first kappa shape index (κ1) is 52.0. The first-order chi connectivity index (χ1) is 35.7. The summed E-state index contributed by atoms with van der Waals surface area (Å²) in [6, 6.07) is 21.5. The fourth-order valence-corrected chi connectivity index (χ4v) is 10.5. The van der Waals surface area contributed by atoms with E-state index in [9.17, 15) is 38.4 Å². The summed E-state index contributed by atoms with van der Waals surface area (Å²) in [6.45, 7) is 12.8. The van der Waals surface area contributed by atoms with E-state index in [4.69, 9.17) is 21.1 Å². The van der Waals surface area contributed by atoms with Crippen molar-refractivity contribution in [3.05, 3.63) is 133 Å². The minimum atomic E-state index is -0.659. The maximum Gasteiger partial charge on any atom is 0.255 e. The zero-order chi connectivity index (χ0) is 52.0. The zero-order valence-corrected chi connectivity index (χ0v) is 42.5. The van der Waals surface area contributed by atoms with Gasteiger partial charge in [0, 0.05) is 101 Å². The van der Waals surface area contributed by atoms with E-state index in [-0.39, 0.29) is 48.3 Å². The number of nitrogens with zero attached hydrogens (tertiary/aromatic N) is 5. The number of carbonyl (C=O) groups is 8. The number of hydrogen-bond acceptors (Lipinski definition) is 12. The average Bonchev–Trinajstić information content (AvgIpc) is 3.89. The Morgan fingerprint density at radius 3 is 1.74 bits per heavy atom. The SMILES string of the molecule is CC(=O)N(Cc1ccc2c(c1)CN(C1CCC(=O)NC1=O)C2=O)c1ccc(Cl)c(CN2CCOCC2)c1.Cc1ccc(CC(=O)NCc2ccc3c(c2)CN(C2CCC(=O)NC2=O)C3=O)cc1CN1CCOCC1. The van der Waals surface area contributed by atoms with Crippen molar-refractivity contribution < 1.29 is 47.8 Å². The first-order valence-corrected chi connectivity index (χ1v) is 25.6. The molecule has 4 aromatic carbocycles. The van der Waals surface area contributed by atoms with Gasteiger partial charge in [0.05, 0.1) is 39.4 Å². The lowest BCUT2D eigenvalue weighted by Gasteiger charge is -2.29. The van der Waals surface area contributed by atoms with Crippen LogP contribution in [0.4, 0.5) is 5.69 Å². The number of morpholine rings is 2. The molecule has 74 heavy (non-hydrogen) atoms. The number of fused-ring (bicyclic) bond motifs is 2. The monoisotopic (exact) mass is 1030 g/mol. The van der Waals surface area contributed by atoms with Gasteiger partial charge < -0.3 is 29.5 Å². The Labute approximate surface area is 434 Å². The van der Waals surface area contributed by atoms with Crippen LogP contribution in [-0.4, -0.2) is 132 Å². The summed E-state index contributed by atoms with van der Waals surface area (Å²) >= 11 is 6.49. The molecule has 0 aromatic heterocycles. The van der Waals surface area contributed by atoms with Gasteiger partial charge in [-0.1, -0.05) is 54.1 Å². The van der Waals surface area contributed by atoms with E-state index in [0.29, 0.717) is 81.3 Å². The highest BCUT2D eigenvalue weighted by Crippen LogP contribution is 2.32. The number of ether oxygens (including phenoxy) is 2. The van der Waals surface area contributed by atoms with Crippen LogP contribution < -0.4 is 20.9 Å². The van der Waals surface area contributed by atoms with Gasteiger partial charge in [0.2, 0.25) is 35.4 Å². The molecule has 0 spiro atoms. The molecule has 4 aromatic rings. The molecule has 0 radical (unpaired) electrons. The van der Waals surface area contributed by atoms with Crippen LogP contribution in [0, 0.1) is 6.92 Å². The number of piperidine rings is 2. The molecule has 2 unspecified atom stereocenters. The molecule has 18 nitrogen and oxygen atoms in total. The Bertz CT molecular complexity index is 2880. The lowest BCUT2D eigenvalue weighted by Crippen LogP contribution is -2.52. The number of amides is 8. The molecule has 6 heterocycles. The third-order valence-corrected chi connectivity index (χ3v) is 14.9. The summed E-state index contributed by atoms with van der Waals surface area (Å²) in [5, 5.41) is 8.28. The molecule has 4 fully saturated rings. The highest BCUT2D eigenvalue weighted by atomic mass is 35.5. The number of halogens is 1. The smallest absolute Gasteiger partial charge is 0.255 e. The second kappa shape index (κ2) is 23.2. The topological polar surface area (TPSA) is 207 Å². The number of carbonyl (C=O) groups excluding carboxylic acids is 8. The van der Waals surface area contributed by atoms with Crippen molar-refractivity contribution in [2.75, 3.05) is 57.5 Å². The molecule has 0 saturated carbocycles. The Hall–Kier alpha value is -6.83. The zero-order valence-electron chi connectivity index (χ0n) is 41.7. The molecule has 388 valence electrons. The standard InChI is InChI=1S/C28H32N4O5.C27H29ClN4O5/c1-18-2-3-19(12-21(18)16-31-8-10-37-11-9-31)14-26(34)29-15-20-4-5-23-22(13-20)17-32(28(23)36)24-6-7-25(33)30-27(24)35;1-17(33)31(21-3-5-23(28)20(13-21)15-30-8-10-37-11-9-30)14-18-2-4-22-19(12-18)16-32(27(22)36)24-6-7-25(34)29-26(24)35/h2-5,12-13,24H,6-11,14-17H2,1H3,(H,29,34)(H,30,33,35);2-5,12-13,24H,6-11,14-16H2,1H3,(H,29,34,35). The van der Waals surface area contributed by atoms with Crippen molar-refractivity contribution in [3.63, 3.8) is 0 Å². The van der Waals surface area contributed by atoms with Crippen LogP contribution >= 0.6 is 11.6 Å². The largest absolute Gasteiger partial charge is 0.379 e. The third kappa shape index (κ3) is 12.2. The van der Waals surface area contributed by atoms with Gasteiger partial charge >= 0.3 is 0 Å². The number of nitrogens with one attached hydrogen (secondary N) is 3. The molecule has 10 rings (SSSR count). The molecule has 3 N–H and O–H groups in total. The summed E-state index contributed by atoms with van der Waals surface area (Å²) in [5.41, 5.74) is 9.63. The Kier molecular flexibility index (Phi) is 16.3. The molecule has 0 aliphatic carbocycles. The Balaban J connectivity index is 0.000000182. The van der Waals surface area contributed by atoms with Gasteiger partial charge in [0.15, 0.2) is 0 Å². The molecule has 0 bridgehead atoms. The lowest BCUT2D eigenvalue weighted by molar-refractivity contribution is -0.138. The van der Waals surface area contributed by atoms with Crippen molar-refractivity contribution in [1.82, 2.24) is 35.6 Å². The van der Waals surface area contributed by atoms with Crippen LogP contribution in [0.2, 0.25) is 5.02 Å². The molecule has 6 aliphatic rings. The molecule has 19 heteroatoms. The van der Waals surface area contributed by atoms with E-state index in [1.54, 1.807) is 17.0 Å². The highest BCUT2D eigenvalue weighted by Gasteiger charge is 2.40. The highest BCUT2D eigenvalue weighted by molar-refractivity contribution is 6.31. The number of imide groups is 2. The summed E-state index contributed by atoms with van der Waals surface area (Å²) < 4.78 is 10.9. The second-order valence-corrected chi connectivity index (χ2v) is 20.1. The molecular weight excluding hydrogens is 968 g/mol. The van der Waals surface area contributed by atoms with Crippen molar-refractivity contribution in [1.29, 1.82) is 0 Å². The van der Waals surface area contributed by atoms with Crippen LogP contribution in [0.1, 0.15) is 97.8 Å². The van der Waals surface area contributed by atoms with Gasteiger partial charge in [0.25, 0.3) is 11.8 Å². The van der Waals surface area contributed by atoms with Crippen molar-refractivity contribution >= 4 is 64.5 Å². The molecule has 4 saturated heterocycles. The summed E-state index contributed by atoms with van der Waals surface area (Å²) in [7, 11) is 0. The van der Waals surface area contributed by atoms with E-state index in [1.165, 1.54) is 27.9 Å². The Morgan fingerprint density at radius 2 is 1.19 bits per heavy atom. The summed E-state index contributed by atoms with van der Waals surface area (Å²) in [4.78, 5) is 108. The van der Waals surface area contributed by atoms with Crippen LogP contribution in [0.15, 0.2) is 72.8 Å². The summed E-state index contributed by atoms with van der Waals surface area (Å²) in [6.07, 6.45) is 1.38. The fraction of sp³-hybridized carbons (Fsp3) is 0.418. The van der Waals surface area contributed by atoms with Gasteiger partial charge in [-0.3, -0.25) is 58.8 Å². The summed E-state index contributed by atoms with van der Waals surface area (Å²) in [5.74, 6) is -2.07. The van der Waals surface area contributed by atoms with Crippen molar-refractivity contribution in [2.45, 2.75) is 97.3 Å². The molecule has 2 atom stereocenters. The van der Waals surface area contributed by atoms with Crippen LogP contribution in [-0.2, 0) is 83.9 Å². The maximum atomic E-state index is 13.0. The van der Waals surface area contributed by atoms with Crippen molar-refractivity contribution in [3.8, 4) is 0 Å². The van der Waals surface area contributed by atoms with E-state index < -0.39 is 23.9 Å². The van der Waals surface area contributed by atoms with Crippen molar-refractivity contribution in [2.24, 2.45) is 0 Å². The molecule has 6 aliphatic heterocycles. The number of hydrogen-bond donors (Lipinski definition) is 3. The van der Waals surface area contributed by atoms with E-state index in [0.717, 1.165) is 85.0 Å². The molecular formula is C55H61ClN8O10. The minimum absolute atomic E-state index is 0.0667. The average molecular weight is 1030 g/mol. The lowest BCUT2D eigenvalue weighted by atomic mass is 10.0. The van der Waals surface area contributed by atoms with Gasteiger partial charge in [-0.2, -0.15) is 0 Å². The third-order valence-electron chi connectivity index (χ3n) is 14.5. The molecule has 8 amide bonds. The van der Waals surface area contributed by atoms with E-state index >= 15 is 0 Å². The van der Waals surface area contributed by atoms with Gasteiger partial charge in [-0.25, -0.2) is 0 Å². The van der Waals surface area contributed by atoms with E-state index in [2.05, 4.69) is 44.8 Å². The quantitative estimate of drug-likeness (QED) is 0.163.